The molecule has 2 fully saturated rings. The van der Waals surface area contributed by atoms with Crippen LogP contribution in [0.4, 0.5) is 0 Å². The first-order valence-corrected chi connectivity index (χ1v) is 14.4. The summed E-state index contributed by atoms with van der Waals surface area (Å²) in [6.45, 7) is 0. The van der Waals surface area contributed by atoms with Crippen molar-refractivity contribution in [2.75, 3.05) is 7.11 Å². The van der Waals surface area contributed by atoms with Gasteiger partial charge in [-0.3, -0.25) is 0 Å². The van der Waals surface area contributed by atoms with Crippen LogP contribution in [0.2, 0.25) is 0 Å². The van der Waals surface area contributed by atoms with Crippen LogP contribution in [0.1, 0.15) is 19.3 Å². The monoisotopic (exact) mass is 467 g/mol. The van der Waals surface area contributed by atoms with E-state index in [2.05, 4.69) is 103 Å². The molecular formula is C31H32O2P+. The van der Waals surface area contributed by atoms with Crippen molar-refractivity contribution in [3.8, 4) is 0 Å². The van der Waals surface area contributed by atoms with Crippen LogP contribution in [-0.4, -0.2) is 18.7 Å². The molecule has 6 atom stereocenters. The van der Waals surface area contributed by atoms with Crippen LogP contribution in [0.3, 0.4) is 0 Å². The van der Waals surface area contributed by atoms with Crippen molar-refractivity contribution in [2.45, 2.75) is 24.9 Å². The molecule has 2 nitrogen and oxygen atoms in total. The first-order valence-electron chi connectivity index (χ1n) is 12.5. The van der Waals surface area contributed by atoms with Gasteiger partial charge in [0.2, 0.25) is 0 Å². The zero-order chi connectivity index (χ0) is 23.1. The molecule has 0 heterocycles. The molecule has 3 aromatic carbocycles. The normalized spacial score (nSPS) is 28.0. The number of methoxy groups -OCH3 is 1. The minimum absolute atomic E-state index is 0.0371. The molecule has 0 amide bonds. The molecule has 0 aliphatic heterocycles. The maximum absolute atomic E-state index is 14.0. The number of carbonyl (C=O) groups excluding carboxylic acids is 1. The van der Waals surface area contributed by atoms with Crippen LogP contribution >= 0.6 is 7.26 Å². The second-order valence-corrected chi connectivity index (χ2v) is 13.7. The summed E-state index contributed by atoms with van der Waals surface area (Å²) < 4.78 is 5.69. The maximum Gasteiger partial charge on any atom is 0.348 e. The molecule has 6 rings (SSSR count). The van der Waals surface area contributed by atoms with Gasteiger partial charge in [0.05, 0.1) is 7.11 Å². The molecule has 0 saturated heterocycles. The smallest absolute Gasteiger partial charge is 0.348 e. The molecule has 34 heavy (non-hydrogen) atoms. The van der Waals surface area contributed by atoms with Gasteiger partial charge in [-0.05, 0) is 79.3 Å². The molecule has 0 spiro atoms. The van der Waals surface area contributed by atoms with Gasteiger partial charge in [0.25, 0.3) is 0 Å². The molecule has 2 bridgehead atoms. The van der Waals surface area contributed by atoms with E-state index in [-0.39, 0.29) is 11.6 Å². The summed E-state index contributed by atoms with van der Waals surface area (Å²) in [6.07, 6.45) is 8.41. The first-order chi connectivity index (χ1) is 16.7. The molecule has 0 radical (unpaired) electrons. The predicted molar refractivity (Wildman–Crippen MR) is 141 cm³/mol. The average molecular weight is 468 g/mol. The molecule has 0 aromatic heterocycles. The average Bonchev–Trinajstić information content (AvgIpc) is 3.63. The lowest BCUT2D eigenvalue weighted by atomic mass is 9.74. The predicted octanol–water partition coefficient (Wildman–Crippen LogP) is 5.37. The van der Waals surface area contributed by atoms with Gasteiger partial charge in [0.1, 0.15) is 23.2 Å². The summed E-state index contributed by atoms with van der Waals surface area (Å²) in [5, 5.41) is 3.81. The third-order valence-electron chi connectivity index (χ3n) is 8.81. The number of fused-ring (bicyclic) bond motifs is 5. The van der Waals surface area contributed by atoms with Crippen LogP contribution in [0.5, 0.6) is 0 Å². The zero-order valence-electron chi connectivity index (χ0n) is 19.7. The van der Waals surface area contributed by atoms with E-state index >= 15 is 0 Å². The van der Waals surface area contributed by atoms with Crippen molar-refractivity contribution in [2.24, 2.45) is 29.6 Å². The topological polar surface area (TPSA) is 26.3 Å². The summed E-state index contributed by atoms with van der Waals surface area (Å²) >= 11 is 0. The summed E-state index contributed by atoms with van der Waals surface area (Å²) in [5.74, 6) is 3.01. The fourth-order valence-corrected chi connectivity index (χ4v) is 12.8. The molecule has 0 N–H and O–H groups in total. The molecule has 6 unspecified atom stereocenters. The molecule has 2 saturated carbocycles. The highest BCUT2D eigenvalue weighted by Gasteiger charge is 2.65. The van der Waals surface area contributed by atoms with E-state index < -0.39 is 7.26 Å². The van der Waals surface area contributed by atoms with Gasteiger partial charge in [0.15, 0.2) is 5.66 Å². The molecule has 3 aliphatic carbocycles. The van der Waals surface area contributed by atoms with E-state index in [4.69, 9.17) is 4.74 Å². The summed E-state index contributed by atoms with van der Waals surface area (Å²) in [6, 6.07) is 32.5. The standard InChI is InChI=1S/C31H32O2P/c1-33-31(32)30(29-21-22-20-28(29)27-19-11-18-26(22)27)34(23-12-5-2-6-13-23,24-14-7-3-8-15-24)25-16-9-4-10-17-25/h2-18,22,26-30H,19-21H2,1H3/q+1. The Bertz CT molecular complexity index is 1080. The van der Waals surface area contributed by atoms with Crippen LogP contribution < -0.4 is 15.9 Å². The van der Waals surface area contributed by atoms with Gasteiger partial charge < -0.3 is 4.74 Å². The second kappa shape index (κ2) is 8.82. The lowest BCUT2D eigenvalue weighted by molar-refractivity contribution is -0.141. The van der Waals surface area contributed by atoms with Gasteiger partial charge in [-0.2, -0.15) is 0 Å². The van der Waals surface area contributed by atoms with E-state index in [9.17, 15) is 4.79 Å². The van der Waals surface area contributed by atoms with Gasteiger partial charge in [-0.1, -0.05) is 66.7 Å². The van der Waals surface area contributed by atoms with Crippen molar-refractivity contribution < 1.29 is 9.53 Å². The van der Waals surface area contributed by atoms with Gasteiger partial charge in [0, 0.05) is 5.92 Å². The maximum atomic E-state index is 14.0. The van der Waals surface area contributed by atoms with Crippen molar-refractivity contribution in [3.05, 3.63) is 103 Å². The third-order valence-corrected chi connectivity index (χ3v) is 13.6. The number of hydrogen-bond acceptors (Lipinski definition) is 2. The quantitative estimate of drug-likeness (QED) is 0.277. The van der Waals surface area contributed by atoms with Crippen molar-refractivity contribution in [1.82, 2.24) is 0 Å². The zero-order valence-corrected chi connectivity index (χ0v) is 20.6. The van der Waals surface area contributed by atoms with E-state index in [0.29, 0.717) is 23.7 Å². The molecule has 172 valence electrons. The molecule has 3 aromatic rings. The van der Waals surface area contributed by atoms with E-state index in [0.717, 1.165) is 12.3 Å². The summed E-state index contributed by atoms with van der Waals surface area (Å²) in [5.41, 5.74) is -0.179. The van der Waals surface area contributed by atoms with Crippen molar-refractivity contribution in [3.63, 3.8) is 0 Å². The summed E-state index contributed by atoms with van der Waals surface area (Å²) in [4.78, 5) is 14.0. The highest BCUT2D eigenvalue weighted by molar-refractivity contribution is 7.96. The first kappa shape index (κ1) is 21.8. The van der Waals surface area contributed by atoms with Crippen molar-refractivity contribution in [1.29, 1.82) is 0 Å². The van der Waals surface area contributed by atoms with Crippen LogP contribution in [0, 0.1) is 29.6 Å². The minimum atomic E-state index is -2.35. The van der Waals surface area contributed by atoms with E-state index in [1.54, 1.807) is 7.11 Å². The third kappa shape index (κ3) is 3.23. The Morgan fingerprint density at radius 3 is 1.82 bits per heavy atom. The van der Waals surface area contributed by atoms with Crippen LogP contribution in [0.15, 0.2) is 103 Å². The number of allylic oxidation sites excluding steroid dienone is 2. The Hall–Kier alpha value is -2.70. The second-order valence-electron chi connectivity index (χ2n) is 10.2. The van der Waals surface area contributed by atoms with Gasteiger partial charge in [-0.25, -0.2) is 4.79 Å². The van der Waals surface area contributed by atoms with Crippen molar-refractivity contribution >= 4 is 29.1 Å². The Morgan fingerprint density at radius 1 is 0.794 bits per heavy atom. The molecule has 3 aliphatic rings. The lowest BCUT2D eigenvalue weighted by Gasteiger charge is -2.41. The lowest BCUT2D eigenvalue weighted by Crippen LogP contribution is -2.48. The van der Waals surface area contributed by atoms with E-state index in [1.165, 1.54) is 28.8 Å². The fraction of sp³-hybridized carbons (Fsp3) is 0.323. The van der Waals surface area contributed by atoms with Crippen LogP contribution in [-0.2, 0) is 9.53 Å². The van der Waals surface area contributed by atoms with Crippen LogP contribution in [0.25, 0.3) is 0 Å². The molecular weight excluding hydrogens is 435 g/mol. The highest BCUT2D eigenvalue weighted by atomic mass is 31.2. The number of hydrogen-bond donors (Lipinski definition) is 0. The number of benzene rings is 3. The Balaban J connectivity index is 1.61. The van der Waals surface area contributed by atoms with Gasteiger partial charge in [-0.15, -0.1) is 0 Å². The Labute approximate surface area is 203 Å². The van der Waals surface area contributed by atoms with E-state index in [1.807, 2.05) is 0 Å². The Morgan fingerprint density at radius 2 is 1.32 bits per heavy atom. The minimum Gasteiger partial charge on any atom is -0.466 e. The van der Waals surface area contributed by atoms with Gasteiger partial charge >= 0.3 is 5.97 Å². The largest absolute Gasteiger partial charge is 0.466 e. The molecule has 3 heteroatoms. The number of carbonyl (C=O) groups is 1. The SMILES string of the molecule is COC(=O)C(C1CC2CC1C1CC=CC21)[P+](c1ccccc1)(c1ccccc1)c1ccccc1. The highest BCUT2D eigenvalue weighted by Crippen LogP contribution is 2.69. The number of ether oxygens (including phenoxy) is 1. The fourth-order valence-electron chi connectivity index (χ4n) is 7.63. The number of rotatable bonds is 6. The Kier molecular flexibility index (Phi) is 5.66. The summed E-state index contributed by atoms with van der Waals surface area (Å²) in [7, 11) is -0.765. The number of esters is 1.